The first-order chi connectivity index (χ1) is 24.9. The maximum absolute atomic E-state index is 13.6. The predicted octanol–water partition coefficient (Wildman–Crippen LogP) is 3.88. The highest BCUT2D eigenvalue weighted by Crippen LogP contribution is 2.76. The highest BCUT2D eigenvalue weighted by Gasteiger charge is 2.80. The van der Waals surface area contributed by atoms with Crippen molar-refractivity contribution < 1.29 is 39.9 Å². The number of nitrogens with one attached hydrogen (secondary N) is 1. The zero-order valence-electron chi connectivity index (χ0n) is 30.8. The summed E-state index contributed by atoms with van der Waals surface area (Å²) in [6.45, 7) is 2.03. The second-order valence-electron chi connectivity index (χ2n) is 17.8. The third-order valence-electron chi connectivity index (χ3n) is 16.0. The molecule has 1 aromatic rings. The molecule has 5 fully saturated rings. The lowest BCUT2D eigenvalue weighted by Gasteiger charge is -2.69. The van der Waals surface area contributed by atoms with E-state index < -0.39 is 45.8 Å². The zero-order chi connectivity index (χ0) is 36.7. The van der Waals surface area contributed by atoms with Crippen LogP contribution >= 0.6 is 0 Å². The molecule has 1 aromatic carbocycles. The summed E-state index contributed by atoms with van der Waals surface area (Å²) in [6, 6.07) is 5.71. The molecular formula is C43H57NO8. The van der Waals surface area contributed by atoms with Crippen molar-refractivity contribution in [1.29, 1.82) is 0 Å². The molecule has 13 unspecified atom stereocenters. The van der Waals surface area contributed by atoms with Crippen LogP contribution in [0.25, 0.3) is 0 Å². The van der Waals surface area contributed by atoms with E-state index in [1.54, 1.807) is 6.08 Å². The fourth-order valence-electron chi connectivity index (χ4n) is 13.7. The van der Waals surface area contributed by atoms with Gasteiger partial charge in [0, 0.05) is 47.8 Å². The minimum Gasteiger partial charge on any atom is -0.454 e. The van der Waals surface area contributed by atoms with E-state index in [1.165, 1.54) is 0 Å². The number of esters is 1. The van der Waals surface area contributed by atoms with Gasteiger partial charge in [-0.3, -0.25) is 0 Å². The molecule has 6 N–H and O–H groups in total. The van der Waals surface area contributed by atoms with E-state index in [1.807, 2.05) is 25.2 Å². The van der Waals surface area contributed by atoms with Crippen LogP contribution in [-0.2, 0) is 27.4 Å². The number of likely N-dealkylation sites (N-methyl/N-ethyl adjacent to an activating group) is 1. The lowest BCUT2D eigenvalue weighted by Crippen LogP contribution is -2.78. The smallest absolute Gasteiger partial charge is 0.331 e. The lowest BCUT2D eigenvalue weighted by atomic mass is 9.38. The van der Waals surface area contributed by atoms with Gasteiger partial charge in [-0.25, -0.2) is 4.79 Å². The molecule has 8 rings (SSSR count). The molecule has 1 spiro atoms. The first kappa shape index (κ1) is 36.4. The Bertz CT molecular complexity index is 1700. The van der Waals surface area contributed by atoms with Crippen LogP contribution < -0.4 is 5.32 Å². The molecule has 6 aliphatic carbocycles. The summed E-state index contributed by atoms with van der Waals surface area (Å²) in [5.74, 6) is 5.20. The van der Waals surface area contributed by atoms with Crippen LogP contribution in [-0.4, -0.2) is 79.9 Å². The second-order valence-corrected chi connectivity index (χ2v) is 17.8. The molecule has 13 atom stereocenters. The van der Waals surface area contributed by atoms with Crippen molar-refractivity contribution >= 4 is 12.3 Å². The van der Waals surface area contributed by atoms with E-state index in [0.29, 0.717) is 51.4 Å². The second kappa shape index (κ2) is 13.0. The van der Waals surface area contributed by atoms with E-state index in [4.69, 9.17) is 4.74 Å². The Kier molecular flexibility index (Phi) is 9.12. The Labute approximate surface area is 307 Å². The third kappa shape index (κ3) is 4.90. The number of aliphatic hydroxyl groups excluding tert-OH is 2. The van der Waals surface area contributed by atoms with Gasteiger partial charge in [-0.2, -0.15) is 0 Å². The van der Waals surface area contributed by atoms with Gasteiger partial charge in [-0.15, -0.1) is 0 Å². The van der Waals surface area contributed by atoms with Crippen LogP contribution in [0.2, 0.25) is 0 Å². The first-order valence-corrected chi connectivity index (χ1v) is 20.1. The van der Waals surface area contributed by atoms with Gasteiger partial charge < -0.3 is 40.4 Å². The van der Waals surface area contributed by atoms with Crippen molar-refractivity contribution in [3.05, 3.63) is 46.5 Å². The van der Waals surface area contributed by atoms with Gasteiger partial charge in [0.2, 0.25) is 0 Å². The normalized spacial score (nSPS) is 46.0. The van der Waals surface area contributed by atoms with Crippen LogP contribution in [0.3, 0.4) is 0 Å². The molecule has 1 heterocycles. The molecule has 0 saturated heterocycles. The van der Waals surface area contributed by atoms with Gasteiger partial charge in [-0.05, 0) is 112 Å². The van der Waals surface area contributed by atoms with E-state index in [9.17, 15) is 35.1 Å². The van der Waals surface area contributed by atoms with Gasteiger partial charge in [0.25, 0.3) is 0 Å². The highest BCUT2D eigenvalue weighted by atomic mass is 16.5. The number of fused-ring (bicyclic) bond motifs is 8. The Balaban J connectivity index is 1.25. The number of ether oxygens (including phenoxy) is 1. The number of hydrogen-bond donors (Lipinski definition) is 6. The quantitative estimate of drug-likeness (QED) is 0.107. The lowest BCUT2D eigenvalue weighted by molar-refractivity contribution is -0.322. The number of aliphatic hydroxyl groups is 5. The summed E-state index contributed by atoms with van der Waals surface area (Å²) in [5.41, 5.74) is -3.32. The SMILES string of the molecule is CCCCCC1CC2(C=O)C3CCC45CCC#Cc6cccc(CO)c6CC(NC)C6CC(CC4(O)C3(O)CCC2(O)CC1O)C5C1=CC(=O)OC16. The van der Waals surface area contributed by atoms with Crippen LogP contribution in [0.5, 0.6) is 0 Å². The summed E-state index contributed by atoms with van der Waals surface area (Å²) >= 11 is 0. The minimum absolute atomic E-state index is 0.0603. The average molecular weight is 716 g/mol. The van der Waals surface area contributed by atoms with Gasteiger partial charge >= 0.3 is 5.97 Å². The Morgan fingerprint density at radius 1 is 1.08 bits per heavy atom. The van der Waals surface area contributed by atoms with E-state index in [-0.39, 0.29) is 61.6 Å². The summed E-state index contributed by atoms with van der Waals surface area (Å²) in [4.78, 5) is 26.8. The molecule has 282 valence electrons. The topological polar surface area (TPSA) is 157 Å². The predicted molar refractivity (Wildman–Crippen MR) is 193 cm³/mol. The maximum Gasteiger partial charge on any atom is 0.331 e. The Morgan fingerprint density at radius 2 is 1.90 bits per heavy atom. The van der Waals surface area contributed by atoms with Crippen molar-refractivity contribution in [1.82, 2.24) is 5.32 Å². The molecule has 4 bridgehead atoms. The van der Waals surface area contributed by atoms with Crippen molar-refractivity contribution in [2.24, 2.45) is 40.4 Å². The van der Waals surface area contributed by atoms with Crippen LogP contribution in [0.15, 0.2) is 29.8 Å². The monoisotopic (exact) mass is 715 g/mol. The first-order valence-electron chi connectivity index (χ1n) is 20.1. The molecule has 9 heteroatoms. The number of aldehydes is 1. The number of rotatable bonds is 7. The molecular weight excluding hydrogens is 658 g/mol. The van der Waals surface area contributed by atoms with Gasteiger partial charge in [-0.1, -0.05) is 50.2 Å². The number of carbonyl (C=O) groups is 2. The molecule has 0 amide bonds. The van der Waals surface area contributed by atoms with E-state index in [2.05, 4.69) is 24.1 Å². The molecule has 0 aromatic heterocycles. The zero-order valence-corrected chi connectivity index (χ0v) is 30.8. The fourth-order valence-corrected chi connectivity index (χ4v) is 13.7. The van der Waals surface area contributed by atoms with E-state index >= 15 is 0 Å². The largest absolute Gasteiger partial charge is 0.454 e. The van der Waals surface area contributed by atoms with Crippen molar-refractivity contribution in [2.75, 3.05) is 7.05 Å². The minimum atomic E-state index is -1.67. The van der Waals surface area contributed by atoms with Crippen LogP contribution in [0.4, 0.5) is 0 Å². The number of carbonyl (C=O) groups excluding carboxylic acids is 2. The third-order valence-corrected chi connectivity index (χ3v) is 16.0. The molecule has 0 radical (unpaired) electrons. The van der Waals surface area contributed by atoms with Gasteiger partial charge in [0.1, 0.15) is 18.0 Å². The summed E-state index contributed by atoms with van der Waals surface area (Å²) in [5, 5.41) is 64.5. The molecule has 52 heavy (non-hydrogen) atoms. The van der Waals surface area contributed by atoms with Crippen LogP contribution in [0, 0.1) is 52.3 Å². The maximum atomic E-state index is 13.6. The highest BCUT2D eigenvalue weighted by molar-refractivity contribution is 5.86. The van der Waals surface area contributed by atoms with Crippen molar-refractivity contribution in [3.63, 3.8) is 0 Å². The van der Waals surface area contributed by atoms with Gasteiger partial charge in [0.05, 0.1) is 29.3 Å². The van der Waals surface area contributed by atoms with Crippen LogP contribution in [0.1, 0.15) is 114 Å². The summed E-state index contributed by atoms with van der Waals surface area (Å²) < 4.78 is 6.16. The number of benzene rings is 1. The van der Waals surface area contributed by atoms with E-state index in [0.717, 1.165) is 54.2 Å². The average Bonchev–Trinajstić information content (AvgIpc) is 3.64. The Morgan fingerprint density at radius 3 is 2.65 bits per heavy atom. The number of unbranched alkanes of at least 4 members (excludes halogenated alkanes) is 2. The molecule has 5 saturated carbocycles. The van der Waals surface area contributed by atoms with Gasteiger partial charge in [0.15, 0.2) is 0 Å². The van der Waals surface area contributed by atoms with Crippen molar-refractivity contribution in [2.45, 2.75) is 145 Å². The molecule has 9 nitrogen and oxygen atoms in total. The standard InChI is InChI=1S/C43H57NO8/c1-3-4-5-10-27-21-40(25-46)35-13-15-39-14-7-6-9-26-11-8-12-28(24-45)30(26)19-33(44-2)31-18-29(37(39)32-20-36(48)52-38(31)32)22-43(39,51)42(35,50)17-16-41(40,49)23-34(27)47/h8,11-12,20,25,27,29,31,33-35,37-38,44-45,47,49-51H,3-5,7,10,13-19,21-24H2,1-2H3. The molecule has 1 aliphatic heterocycles. The number of hydrogen-bond acceptors (Lipinski definition) is 9. The summed E-state index contributed by atoms with van der Waals surface area (Å²) in [7, 11) is 1.91. The fraction of sp³-hybridized carbons (Fsp3) is 0.721. The summed E-state index contributed by atoms with van der Waals surface area (Å²) in [6.07, 6.45) is 9.17. The molecule has 7 aliphatic rings. The Hall–Kier alpha value is -2.58. The van der Waals surface area contributed by atoms with Crippen molar-refractivity contribution in [3.8, 4) is 11.8 Å².